The summed E-state index contributed by atoms with van der Waals surface area (Å²) >= 11 is 5.79. The van der Waals surface area contributed by atoms with E-state index in [1.54, 1.807) is 36.4 Å². The summed E-state index contributed by atoms with van der Waals surface area (Å²) in [5.74, 6) is 0.353. The molecule has 0 bridgehead atoms. The molecule has 0 aliphatic carbocycles. The lowest BCUT2D eigenvalue weighted by molar-refractivity contribution is -0.121. The molecule has 1 fully saturated rings. The number of anilines is 1. The van der Waals surface area contributed by atoms with Gasteiger partial charge in [-0.05, 0) is 60.7 Å². The van der Waals surface area contributed by atoms with E-state index in [0.717, 1.165) is 4.90 Å². The van der Waals surface area contributed by atoms with Crippen molar-refractivity contribution in [3.63, 3.8) is 0 Å². The number of nitrogens with zero attached hydrogens (tertiary/aromatic N) is 2. The Morgan fingerprint density at radius 3 is 2.03 bits per heavy atom. The summed E-state index contributed by atoms with van der Waals surface area (Å²) in [7, 11) is -4.33. The number of carbonyl (C=O) groups is 2. The molecule has 152 valence electrons. The van der Waals surface area contributed by atoms with Crippen LogP contribution in [0.3, 0.4) is 0 Å². The molecule has 0 aromatic heterocycles. The monoisotopic (exact) mass is 442 g/mol. The van der Waals surface area contributed by atoms with Crippen LogP contribution in [-0.4, -0.2) is 31.2 Å². The quantitative estimate of drug-likeness (QED) is 0.550. The molecular formula is C21H15ClN2O5S. The fraction of sp³-hybridized carbons (Fsp3) is 0.0476. The molecule has 0 N–H and O–H groups in total. The molecule has 0 unspecified atom stereocenters. The van der Waals surface area contributed by atoms with Crippen LogP contribution >= 0.6 is 11.6 Å². The lowest BCUT2D eigenvalue weighted by Crippen LogP contribution is -2.38. The fourth-order valence-electron chi connectivity index (χ4n) is 2.95. The van der Waals surface area contributed by atoms with Crippen LogP contribution in [0.2, 0.25) is 5.02 Å². The van der Waals surface area contributed by atoms with E-state index >= 15 is 0 Å². The smallest absolute Gasteiger partial charge is 0.346 e. The zero-order valence-electron chi connectivity index (χ0n) is 15.4. The number of imide groups is 1. The van der Waals surface area contributed by atoms with Crippen molar-refractivity contribution < 1.29 is 22.7 Å². The largest absolute Gasteiger partial charge is 0.457 e. The van der Waals surface area contributed by atoms with Crippen LogP contribution < -0.4 is 9.64 Å². The topological polar surface area (TPSA) is 84.0 Å². The number of amides is 3. The second-order valence-corrected chi connectivity index (χ2v) is 8.62. The maximum absolute atomic E-state index is 12.8. The number of sulfonamides is 1. The highest BCUT2D eigenvalue weighted by molar-refractivity contribution is 7.90. The van der Waals surface area contributed by atoms with Crippen LogP contribution in [-0.2, 0) is 14.8 Å². The lowest BCUT2D eigenvalue weighted by atomic mass is 10.2. The van der Waals surface area contributed by atoms with E-state index in [0.29, 0.717) is 22.2 Å². The third-order valence-corrected chi connectivity index (χ3v) is 6.36. The minimum absolute atomic E-state index is 0.193. The van der Waals surface area contributed by atoms with Crippen LogP contribution in [0, 0.1) is 0 Å². The van der Waals surface area contributed by atoms with Crippen LogP contribution in [0.1, 0.15) is 0 Å². The Bertz CT molecular complexity index is 1200. The number of urea groups is 1. The molecule has 3 aromatic carbocycles. The number of halogens is 1. The summed E-state index contributed by atoms with van der Waals surface area (Å²) in [5, 5.41) is 0.340. The number of ether oxygens (including phenoxy) is 1. The minimum atomic E-state index is -4.33. The Balaban J connectivity index is 1.56. The zero-order valence-corrected chi connectivity index (χ0v) is 17.0. The SMILES string of the molecule is O=C1CN(c2ccc(Oc3ccccc3)cc2)C(=O)N1S(=O)(=O)c1ccc(Cl)cc1. The van der Waals surface area contributed by atoms with E-state index in [1.807, 2.05) is 18.2 Å². The zero-order chi connectivity index (χ0) is 21.3. The number of hydrogen-bond acceptors (Lipinski definition) is 5. The molecule has 9 heteroatoms. The summed E-state index contributed by atoms with van der Waals surface area (Å²) in [4.78, 5) is 26.1. The van der Waals surface area contributed by atoms with Crippen LogP contribution in [0.5, 0.6) is 11.5 Å². The molecule has 3 aromatic rings. The summed E-state index contributed by atoms with van der Waals surface area (Å²) < 4.78 is 31.6. The van der Waals surface area contributed by atoms with E-state index in [9.17, 15) is 18.0 Å². The van der Waals surface area contributed by atoms with Crippen molar-refractivity contribution in [2.45, 2.75) is 4.90 Å². The Kier molecular flexibility index (Phi) is 5.19. The van der Waals surface area contributed by atoms with Crippen molar-refractivity contribution >= 4 is 39.2 Å². The molecule has 7 nitrogen and oxygen atoms in total. The molecule has 1 heterocycles. The maximum atomic E-state index is 12.8. The molecule has 1 aliphatic rings. The second kappa shape index (κ2) is 7.81. The third-order valence-electron chi connectivity index (χ3n) is 4.40. The van der Waals surface area contributed by atoms with Crippen molar-refractivity contribution in [2.24, 2.45) is 0 Å². The Hall–Kier alpha value is -3.36. The van der Waals surface area contributed by atoms with E-state index < -0.39 is 22.0 Å². The van der Waals surface area contributed by atoms with Gasteiger partial charge in [0.15, 0.2) is 0 Å². The Morgan fingerprint density at radius 1 is 0.800 bits per heavy atom. The Morgan fingerprint density at radius 2 is 1.40 bits per heavy atom. The lowest BCUT2D eigenvalue weighted by Gasteiger charge is -2.17. The summed E-state index contributed by atoms with van der Waals surface area (Å²) in [6.07, 6.45) is 0. The first-order valence-corrected chi connectivity index (χ1v) is 10.7. The predicted molar refractivity (Wildman–Crippen MR) is 111 cm³/mol. The van der Waals surface area contributed by atoms with Gasteiger partial charge < -0.3 is 4.74 Å². The number of carbonyl (C=O) groups excluding carboxylic acids is 2. The average Bonchev–Trinajstić information content (AvgIpc) is 3.04. The van der Waals surface area contributed by atoms with Crippen molar-refractivity contribution in [1.82, 2.24) is 4.31 Å². The van der Waals surface area contributed by atoms with Crippen molar-refractivity contribution in [1.29, 1.82) is 0 Å². The first kappa shape index (κ1) is 19.9. The van der Waals surface area contributed by atoms with E-state index in [4.69, 9.17) is 16.3 Å². The van der Waals surface area contributed by atoms with Gasteiger partial charge in [-0.3, -0.25) is 9.69 Å². The van der Waals surface area contributed by atoms with Crippen molar-refractivity contribution in [3.05, 3.63) is 83.9 Å². The van der Waals surface area contributed by atoms with Gasteiger partial charge in [-0.25, -0.2) is 13.2 Å². The summed E-state index contributed by atoms with van der Waals surface area (Å²) in [5.41, 5.74) is 0.377. The molecule has 0 atom stereocenters. The van der Waals surface area contributed by atoms with Crippen molar-refractivity contribution in [2.75, 3.05) is 11.4 Å². The number of para-hydroxylation sites is 1. The van der Waals surface area contributed by atoms with Gasteiger partial charge in [0.1, 0.15) is 18.0 Å². The van der Waals surface area contributed by atoms with E-state index in [1.165, 1.54) is 24.3 Å². The minimum Gasteiger partial charge on any atom is -0.457 e. The average molecular weight is 443 g/mol. The molecule has 4 rings (SSSR count). The maximum Gasteiger partial charge on any atom is 0.346 e. The van der Waals surface area contributed by atoms with Gasteiger partial charge in [-0.1, -0.05) is 29.8 Å². The fourth-order valence-corrected chi connectivity index (χ4v) is 4.40. The Labute approximate surface area is 178 Å². The highest BCUT2D eigenvalue weighted by Gasteiger charge is 2.45. The highest BCUT2D eigenvalue weighted by atomic mass is 35.5. The molecule has 1 saturated heterocycles. The van der Waals surface area contributed by atoms with Gasteiger partial charge in [-0.15, -0.1) is 4.31 Å². The van der Waals surface area contributed by atoms with Crippen LogP contribution in [0.15, 0.2) is 83.8 Å². The van der Waals surface area contributed by atoms with Crippen molar-refractivity contribution in [3.8, 4) is 11.5 Å². The van der Waals surface area contributed by atoms with Gasteiger partial charge in [0, 0.05) is 10.7 Å². The van der Waals surface area contributed by atoms with Gasteiger partial charge in [0.2, 0.25) is 0 Å². The molecule has 3 amide bonds. The normalized spacial score (nSPS) is 14.3. The highest BCUT2D eigenvalue weighted by Crippen LogP contribution is 2.29. The van der Waals surface area contributed by atoms with Crippen LogP contribution in [0.4, 0.5) is 10.5 Å². The van der Waals surface area contributed by atoms with Gasteiger partial charge in [0.05, 0.1) is 4.90 Å². The van der Waals surface area contributed by atoms with E-state index in [-0.39, 0.29) is 15.7 Å². The number of benzene rings is 3. The van der Waals surface area contributed by atoms with Gasteiger partial charge in [0.25, 0.3) is 15.9 Å². The summed E-state index contributed by atoms with van der Waals surface area (Å²) in [6, 6.07) is 19.9. The molecule has 0 spiro atoms. The van der Waals surface area contributed by atoms with Crippen LogP contribution in [0.25, 0.3) is 0 Å². The van der Waals surface area contributed by atoms with Gasteiger partial charge >= 0.3 is 6.03 Å². The molecule has 1 aliphatic heterocycles. The third kappa shape index (κ3) is 3.74. The second-order valence-electron chi connectivity index (χ2n) is 6.39. The summed E-state index contributed by atoms with van der Waals surface area (Å²) in [6.45, 7) is -0.384. The standard InChI is InChI=1S/C21H15ClN2O5S/c22-15-6-12-19(13-7-15)30(27,28)24-20(25)14-23(21(24)26)16-8-10-18(11-9-16)29-17-4-2-1-3-5-17/h1-13H,14H2. The first-order chi connectivity index (χ1) is 14.4. The molecular weight excluding hydrogens is 428 g/mol. The number of rotatable bonds is 5. The van der Waals surface area contributed by atoms with Gasteiger partial charge in [-0.2, -0.15) is 0 Å². The molecule has 0 radical (unpaired) electrons. The predicted octanol–water partition coefficient (Wildman–Crippen LogP) is 4.29. The number of hydrogen-bond donors (Lipinski definition) is 0. The molecule has 0 saturated carbocycles. The first-order valence-electron chi connectivity index (χ1n) is 8.84. The van der Waals surface area contributed by atoms with E-state index in [2.05, 4.69) is 0 Å². The molecule has 30 heavy (non-hydrogen) atoms.